The van der Waals surface area contributed by atoms with Gasteiger partial charge >= 0.3 is 0 Å². The van der Waals surface area contributed by atoms with E-state index in [0.29, 0.717) is 23.5 Å². The molecule has 0 aromatic heterocycles. The van der Waals surface area contributed by atoms with Gasteiger partial charge in [0, 0.05) is 28.1 Å². The van der Waals surface area contributed by atoms with Crippen LogP contribution >= 0.6 is 31.9 Å². The van der Waals surface area contributed by atoms with Gasteiger partial charge < -0.3 is 5.73 Å². The molecule has 112 valence electrons. The number of sulfonamides is 1. The molecule has 0 bridgehead atoms. The van der Waals surface area contributed by atoms with E-state index in [1.54, 1.807) is 6.07 Å². The lowest BCUT2D eigenvalue weighted by atomic mass is 9.96. The van der Waals surface area contributed by atoms with Crippen LogP contribution in [0.15, 0.2) is 26.0 Å². The highest BCUT2D eigenvalue weighted by molar-refractivity contribution is 9.11. The molecule has 2 N–H and O–H groups in total. The van der Waals surface area contributed by atoms with Crippen LogP contribution in [-0.4, -0.2) is 31.9 Å². The number of nitrogens with two attached hydrogens (primary N) is 1. The Bertz CT molecular complexity index is 619. The van der Waals surface area contributed by atoms with Gasteiger partial charge in [0.25, 0.3) is 0 Å². The first-order valence-electron chi connectivity index (χ1n) is 6.45. The number of rotatable bonds is 2. The van der Waals surface area contributed by atoms with Crippen LogP contribution in [0.2, 0.25) is 0 Å². The van der Waals surface area contributed by atoms with E-state index in [9.17, 15) is 8.42 Å². The Labute approximate surface area is 137 Å². The Morgan fingerprint density at radius 2 is 1.95 bits per heavy atom. The number of benzene rings is 1. The summed E-state index contributed by atoms with van der Waals surface area (Å²) in [6.07, 6.45) is 0.797. The highest BCUT2D eigenvalue weighted by Gasteiger charge is 2.33. The Morgan fingerprint density at radius 1 is 1.30 bits per heavy atom. The summed E-state index contributed by atoms with van der Waals surface area (Å²) < 4.78 is 28.3. The van der Waals surface area contributed by atoms with Crippen LogP contribution < -0.4 is 5.73 Å². The average molecular weight is 426 g/mol. The molecule has 1 saturated heterocycles. The lowest BCUT2D eigenvalue weighted by molar-refractivity contribution is 0.253. The number of piperidine rings is 1. The molecule has 0 radical (unpaired) electrons. The molecular weight excluding hydrogens is 408 g/mol. The SMILES string of the molecule is Cc1cc(Br)c(S(=O)(=O)N2CCC(C)C(N)C2)cc1Br. The van der Waals surface area contributed by atoms with Gasteiger partial charge in [-0.1, -0.05) is 22.9 Å². The molecule has 0 amide bonds. The molecule has 2 unspecified atom stereocenters. The monoisotopic (exact) mass is 424 g/mol. The van der Waals surface area contributed by atoms with E-state index in [2.05, 4.69) is 38.8 Å². The number of hydrogen-bond acceptors (Lipinski definition) is 3. The zero-order valence-corrected chi connectivity index (χ0v) is 15.4. The molecule has 0 saturated carbocycles. The summed E-state index contributed by atoms with van der Waals surface area (Å²) in [7, 11) is -3.51. The first kappa shape index (κ1) is 16.4. The van der Waals surface area contributed by atoms with Crippen LogP contribution in [-0.2, 0) is 10.0 Å². The van der Waals surface area contributed by atoms with E-state index in [4.69, 9.17) is 5.73 Å². The molecule has 20 heavy (non-hydrogen) atoms. The maximum Gasteiger partial charge on any atom is 0.244 e. The molecule has 1 heterocycles. The van der Waals surface area contributed by atoms with Gasteiger partial charge in [0.1, 0.15) is 0 Å². The largest absolute Gasteiger partial charge is 0.326 e. The van der Waals surface area contributed by atoms with E-state index in [-0.39, 0.29) is 10.9 Å². The number of hydrogen-bond donors (Lipinski definition) is 1. The van der Waals surface area contributed by atoms with Crippen molar-refractivity contribution in [1.82, 2.24) is 4.31 Å². The first-order valence-corrected chi connectivity index (χ1v) is 9.47. The van der Waals surface area contributed by atoms with Crippen molar-refractivity contribution in [3.05, 3.63) is 26.6 Å². The third-order valence-corrected chi connectivity index (χ3v) is 7.49. The van der Waals surface area contributed by atoms with Crippen molar-refractivity contribution < 1.29 is 8.42 Å². The van der Waals surface area contributed by atoms with Crippen molar-refractivity contribution in [1.29, 1.82) is 0 Å². The molecule has 0 aliphatic carbocycles. The Kier molecular flexibility index (Phi) is 4.96. The van der Waals surface area contributed by atoms with E-state index >= 15 is 0 Å². The standard InChI is InChI=1S/C13H18Br2N2O2S/c1-8-3-4-17(7-12(8)16)20(18,19)13-6-10(14)9(2)5-11(13)15/h5-6,8,12H,3-4,7,16H2,1-2H3. The van der Waals surface area contributed by atoms with Crippen LogP contribution in [0.1, 0.15) is 18.9 Å². The van der Waals surface area contributed by atoms with Crippen molar-refractivity contribution in [3.8, 4) is 0 Å². The second-order valence-corrected chi connectivity index (χ2v) is 8.94. The molecule has 7 heteroatoms. The van der Waals surface area contributed by atoms with Gasteiger partial charge in [-0.3, -0.25) is 0 Å². The lowest BCUT2D eigenvalue weighted by Crippen LogP contribution is -2.49. The molecule has 1 aromatic carbocycles. The summed E-state index contributed by atoms with van der Waals surface area (Å²) in [5, 5.41) is 0. The first-order chi connectivity index (χ1) is 9.23. The van der Waals surface area contributed by atoms with Crippen molar-refractivity contribution in [2.75, 3.05) is 13.1 Å². The Morgan fingerprint density at radius 3 is 2.55 bits per heavy atom. The van der Waals surface area contributed by atoms with Crippen molar-refractivity contribution >= 4 is 41.9 Å². The predicted molar refractivity (Wildman–Crippen MR) is 87.1 cm³/mol. The summed E-state index contributed by atoms with van der Waals surface area (Å²) in [5.41, 5.74) is 6.99. The van der Waals surface area contributed by atoms with Crippen LogP contribution in [0.25, 0.3) is 0 Å². The summed E-state index contributed by atoms with van der Waals surface area (Å²) >= 11 is 6.74. The molecule has 1 aromatic rings. The van der Waals surface area contributed by atoms with Crippen LogP contribution in [0.4, 0.5) is 0 Å². The van der Waals surface area contributed by atoms with Gasteiger partial charge in [0.05, 0.1) is 4.90 Å². The highest BCUT2D eigenvalue weighted by atomic mass is 79.9. The van der Waals surface area contributed by atoms with Gasteiger partial charge in [0.15, 0.2) is 0 Å². The third-order valence-electron chi connectivity index (χ3n) is 3.81. The summed E-state index contributed by atoms with van der Waals surface area (Å²) in [4.78, 5) is 0.289. The van der Waals surface area contributed by atoms with Gasteiger partial charge in [-0.25, -0.2) is 8.42 Å². The predicted octanol–water partition coefficient (Wildman–Crippen LogP) is 2.88. The van der Waals surface area contributed by atoms with Gasteiger partial charge in [-0.15, -0.1) is 0 Å². The fraction of sp³-hybridized carbons (Fsp3) is 0.538. The zero-order chi connectivity index (χ0) is 15.1. The molecule has 1 aliphatic rings. The minimum absolute atomic E-state index is 0.105. The van der Waals surface area contributed by atoms with Crippen molar-refractivity contribution in [2.24, 2.45) is 11.7 Å². The van der Waals surface area contributed by atoms with E-state index in [0.717, 1.165) is 16.5 Å². The van der Waals surface area contributed by atoms with E-state index < -0.39 is 10.0 Å². The van der Waals surface area contributed by atoms with E-state index in [1.807, 2.05) is 13.0 Å². The second-order valence-electron chi connectivity index (χ2n) is 5.32. The normalized spacial score (nSPS) is 24.9. The minimum atomic E-state index is -3.51. The summed E-state index contributed by atoms with van der Waals surface area (Å²) in [6, 6.07) is 3.35. The molecular formula is C13H18Br2N2O2S. The third kappa shape index (κ3) is 3.11. The Balaban J connectivity index is 2.38. The fourth-order valence-corrected chi connectivity index (χ4v) is 5.38. The maximum absolute atomic E-state index is 12.7. The molecule has 2 atom stereocenters. The van der Waals surface area contributed by atoms with Crippen molar-refractivity contribution in [2.45, 2.75) is 31.2 Å². The lowest BCUT2D eigenvalue weighted by Gasteiger charge is -2.34. The number of halogens is 2. The molecule has 1 fully saturated rings. The fourth-order valence-electron chi connectivity index (χ4n) is 2.25. The van der Waals surface area contributed by atoms with Crippen LogP contribution in [0.5, 0.6) is 0 Å². The maximum atomic E-state index is 12.7. The second kappa shape index (κ2) is 6.04. The summed E-state index contributed by atoms with van der Waals surface area (Å²) in [6.45, 7) is 4.88. The molecule has 4 nitrogen and oxygen atoms in total. The zero-order valence-electron chi connectivity index (χ0n) is 11.4. The van der Waals surface area contributed by atoms with Crippen molar-refractivity contribution in [3.63, 3.8) is 0 Å². The van der Waals surface area contributed by atoms with Gasteiger partial charge in [-0.05, 0) is 52.9 Å². The smallest absolute Gasteiger partial charge is 0.244 e. The highest BCUT2D eigenvalue weighted by Crippen LogP contribution is 2.32. The van der Waals surface area contributed by atoms with Gasteiger partial charge in [-0.2, -0.15) is 4.31 Å². The quantitative estimate of drug-likeness (QED) is 0.792. The number of aryl methyl sites for hydroxylation is 1. The van der Waals surface area contributed by atoms with E-state index in [1.165, 1.54) is 4.31 Å². The number of nitrogens with zero attached hydrogens (tertiary/aromatic N) is 1. The van der Waals surface area contributed by atoms with Gasteiger partial charge in [0.2, 0.25) is 10.0 Å². The Hall–Kier alpha value is 0.0500. The van der Waals surface area contributed by atoms with Crippen LogP contribution in [0, 0.1) is 12.8 Å². The van der Waals surface area contributed by atoms with Crippen LogP contribution in [0.3, 0.4) is 0 Å². The summed E-state index contributed by atoms with van der Waals surface area (Å²) in [5.74, 6) is 0.356. The molecule has 0 spiro atoms. The topological polar surface area (TPSA) is 63.4 Å². The molecule has 1 aliphatic heterocycles. The average Bonchev–Trinajstić information content (AvgIpc) is 2.36. The minimum Gasteiger partial charge on any atom is -0.326 e. The molecule has 2 rings (SSSR count).